The van der Waals surface area contributed by atoms with E-state index in [2.05, 4.69) is 67.2 Å². The molecule has 0 aliphatic carbocycles. The molecule has 1 spiro atoms. The Balaban J connectivity index is 1.21. The Bertz CT molecular complexity index is 956. The van der Waals surface area contributed by atoms with Crippen LogP contribution >= 0.6 is 0 Å². The fraction of sp³-hybridized carbons (Fsp3) is 0.500. The van der Waals surface area contributed by atoms with Gasteiger partial charge >= 0.3 is 0 Å². The molecular weight excluding hydrogens is 372 g/mol. The molecule has 0 atom stereocenters. The summed E-state index contributed by atoms with van der Waals surface area (Å²) in [5, 5.41) is 4.45. The minimum absolute atomic E-state index is 0.0532. The predicted octanol–water partition coefficient (Wildman–Crippen LogP) is 5.26. The maximum absolute atomic E-state index is 6.26. The number of hydrogen-bond donors (Lipinski definition) is 0. The van der Waals surface area contributed by atoms with E-state index in [1.54, 1.807) is 0 Å². The molecule has 1 fully saturated rings. The molecule has 158 valence electrons. The number of likely N-dealkylation sites (tertiary alicyclic amines) is 1. The highest BCUT2D eigenvalue weighted by Crippen LogP contribution is 2.38. The lowest BCUT2D eigenvalue weighted by atomic mass is 9.85. The van der Waals surface area contributed by atoms with Crippen LogP contribution in [0.4, 0.5) is 0 Å². The predicted molar refractivity (Wildman–Crippen MR) is 120 cm³/mol. The fourth-order valence-electron chi connectivity index (χ4n) is 5.07. The van der Waals surface area contributed by atoms with Crippen molar-refractivity contribution in [3.05, 3.63) is 64.7 Å². The van der Waals surface area contributed by atoms with E-state index in [0.29, 0.717) is 0 Å². The Labute approximate surface area is 179 Å². The summed E-state index contributed by atoms with van der Waals surface area (Å²) in [4.78, 5) is 8.56. The average Bonchev–Trinajstić information content (AvgIpc) is 3.15. The van der Waals surface area contributed by atoms with Crippen LogP contribution in [0.1, 0.15) is 61.8 Å². The molecule has 0 saturated carbocycles. The van der Waals surface area contributed by atoms with Gasteiger partial charge in [0.25, 0.3) is 0 Å². The van der Waals surface area contributed by atoms with E-state index >= 15 is 0 Å². The normalized spacial score (nSPS) is 22.2. The van der Waals surface area contributed by atoms with Crippen molar-refractivity contribution in [1.29, 1.82) is 0 Å². The molecule has 3 heterocycles. The van der Waals surface area contributed by atoms with Gasteiger partial charge in [0.15, 0.2) is 0 Å². The van der Waals surface area contributed by atoms with E-state index in [1.165, 1.54) is 22.3 Å². The number of fused-ring (bicyclic) bond motifs is 1. The van der Waals surface area contributed by atoms with Crippen molar-refractivity contribution in [1.82, 2.24) is 4.90 Å². The van der Waals surface area contributed by atoms with Gasteiger partial charge in [0.1, 0.15) is 17.0 Å². The zero-order chi connectivity index (χ0) is 20.8. The highest BCUT2D eigenvalue weighted by Gasteiger charge is 2.42. The minimum Gasteiger partial charge on any atom is -0.487 e. The molecule has 2 aromatic carbocycles. The summed E-state index contributed by atoms with van der Waals surface area (Å²) in [7, 11) is 0. The van der Waals surface area contributed by atoms with E-state index in [1.807, 2.05) is 6.07 Å². The number of ether oxygens (including phenoxy) is 1. The zero-order valence-electron chi connectivity index (χ0n) is 18.4. The van der Waals surface area contributed by atoms with Crippen LogP contribution in [0, 0.1) is 6.92 Å². The van der Waals surface area contributed by atoms with Gasteiger partial charge in [-0.2, -0.15) is 0 Å². The van der Waals surface area contributed by atoms with Crippen LogP contribution in [0.25, 0.3) is 0 Å². The van der Waals surface area contributed by atoms with E-state index in [-0.39, 0.29) is 11.2 Å². The first-order valence-electron chi connectivity index (χ1n) is 11.3. The van der Waals surface area contributed by atoms with Gasteiger partial charge < -0.3 is 9.57 Å². The maximum Gasteiger partial charge on any atom is 0.145 e. The second kappa shape index (κ2) is 7.42. The lowest BCUT2D eigenvalue weighted by Gasteiger charge is -2.37. The summed E-state index contributed by atoms with van der Waals surface area (Å²) in [5.74, 6) is 1.11. The number of benzene rings is 2. The molecule has 4 heteroatoms. The lowest BCUT2D eigenvalue weighted by Crippen LogP contribution is -2.44. The third-order valence-electron chi connectivity index (χ3n) is 6.91. The molecule has 3 aliphatic heterocycles. The summed E-state index contributed by atoms with van der Waals surface area (Å²) in [6.45, 7) is 9.66. The Morgan fingerprint density at radius 3 is 2.57 bits per heavy atom. The number of aryl methyl sites for hydroxylation is 2. The van der Waals surface area contributed by atoms with E-state index in [0.717, 1.165) is 63.2 Å². The summed E-state index contributed by atoms with van der Waals surface area (Å²) < 4.78 is 6.26. The monoisotopic (exact) mass is 404 g/mol. The van der Waals surface area contributed by atoms with E-state index in [4.69, 9.17) is 9.57 Å². The highest BCUT2D eigenvalue weighted by atomic mass is 16.7. The number of rotatable bonds is 3. The molecule has 2 aromatic rings. The SMILES string of the molecule is Cc1cc(CN2CCC3(CC2)CC(c2ccccc2)=NO3)cc2c1OC(C)(C)CC2. The van der Waals surface area contributed by atoms with Gasteiger partial charge in [-0.1, -0.05) is 47.6 Å². The standard InChI is InChI=1S/C26H32N2O2/c1-19-15-20(16-22-9-10-25(2,3)29-24(19)22)18-28-13-11-26(12-14-28)17-23(27-30-26)21-7-5-4-6-8-21/h4-8,15-16H,9-14,17-18H2,1-3H3. The summed E-state index contributed by atoms with van der Waals surface area (Å²) in [5.41, 5.74) is 6.17. The molecule has 0 amide bonds. The second-order valence-corrected chi connectivity index (χ2v) is 9.89. The van der Waals surface area contributed by atoms with Crippen LogP contribution in [0.3, 0.4) is 0 Å². The summed E-state index contributed by atoms with van der Waals surface area (Å²) in [6.07, 6.45) is 5.18. The molecule has 4 nitrogen and oxygen atoms in total. The zero-order valence-corrected chi connectivity index (χ0v) is 18.4. The molecule has 3 aliphatic rings. The van der Waals surface area contributed by atoms with E-state index in [9.17, 15) is 0 Å². The van der Waals surface area contributed by atoms with Gasteiger partial charge in [0, 0.05) is 38.9 Å². The number of hydrogen-bond acceptors (Lipinski definition) is 4. The molecular formula is C26H32N2O2. The van der Waals surface area contributed by atoms with Crippen molar-refractivity contribution >= 4 is 5.71 Å². The largest absolute Gasteiger partial charge is 0.487 e. The van der Waals surface area contributed by atoms with Gasteiger partial charge in [-0.05, 0) is 55.9 Å². The van der Waals surface area contributed by atoms with Crippen molar-refractivity contribution in [2.45, 2.75) is 70.6 Å². The topological polar surface area (TPSA) is 34.1 Å². The Kier molecular flexibility index (Phi) is 4.85. The van der Waals surface area contributed by atoms with Crippen molar-refractivity contribution in [3.8, 4) is 5.75 Å². The number of piperidine rings is 1. The molecule has 0 N–H and O–H groups in total. The van der Waals surface area contributed by atoms with Gasteiger partial charge in [0.05, 0.1) is 5.71 Å². The van der Waals surface area contributed by atoms with Gasteiger partial charge in [-0.15, -0.1) is 0 Å². The van der Waals surface area contributed by atoms with Gasteiger partial charge in [0.2, 0.25) is 0 Å². The lowest BCUT2D eigenvalue weighted by molar-refractivity contribution is -0.0627. The van der Waals surface area contributed by atoms with Crippen molar-refractivity contribution < 1.29 is 9.57 Å². The van der Waals surface area contributed by atoms with Crippen molar-refractivity contribution in [2.75, 3.05) is 13.1 Å². The molecule has 5 rings (SSSR count). The first-order chi connectivity index (χ1) is 14.4. The first kappa shape index (κ1) is 19.6. The van der Waals surface area contributed by atoms with Gasteiger partial charge in [-0.3, -0.25) is 4.90 Å². The minimum atomic E-state index is -0.104. The molecule has 0 aromatic heterocycles. The van der Waals surface area contributed by atoms with E-state index < -0.39 is 0 Å². The van der Waals surface area contributed by atoms with Crippen LogP contribution in [0.5, 0.6) is 5.75 Å². The van der Waals surface area contributed by atoms with Crippen molar-refractivity contribution in [2.24, 2.45) is 5.16 Å². The maximum atomic E-state index is 6.26. The fourth-order valence-corrected chi connectivity index (χ4v) is 5.07. The highest BCUT2D eigenvalue weighted by molar-refractivity contribution is 6.01. The third-order valence-corrected chi connectivity index (χ3v) is 6.91. The molecule has 0 radical (unpaired) electrons. The van der Waals surface area contributed by atoms with Crippen molar-refractivity contribution in [3.63, 3.8) is 0 Å². The third kappa shape index (κ3) is 3.85. The first-order valence-corrected chi connectivity index (χ1v) is 11.3. The van der Waals surface area contributed by atoms with Crippen LogP contribution in [0.2, 0.25) is 0 Å². The van der Waals surface area contributed by atoms with Crippen LogP contribution in [-0.2, 0) is 17.8 Å². The molecule has 30 heavy (non-hydrogen) atoms. The smallest absolute Gasteiger partial charge is 0.145 e. The molecule has 0 bridgehead atoms. The summed E-state index contributed by atoms with van der Waals surface area (Å²) >= 11 is 0. The quantitative estimate of drug-likeness (QED) is 0.700. The Hall–Kier alpha value is -2.33. The number of oxime groups is 1. The molecule has 0 unspecified atom stereocenters. The van der Waals surface area contributed by atoms with Crippen LogP contribution in [-0.4, -0.2) is 34.9 Å². The summed E-state index contributed by atoms with van der Waals surface area (Å²) in [6, 6.07) is 15.1. The van der Waals surface area contributed by atoms with Crippen LogP contribution in [0.15, 0.2) is 47.6 Å². The Morgan fingerprint density at radius 2 is 1.80 bits per heavy atom. The average molecular weight is 405 g/mol. The van der Waals surface area contributed by atoms with Gasteiger partial charge in [-0.25, -0.2) is 0 Å². The Morgan fingerprint density at radius 1 is 1.03 bits per heavy atom. The number of nitrogens with zero attached hydrogens (tertiary/aromatic N) is 2. The molecule has 1 saturated heterocycles. The second-order valence-electron chi connectivity index (χ2n) is 9.89. The van der Waals surface area contributed by atoms with Crippen LogP contribution < -0.4 is 4.74 Å².